The zero-order chi connectivity index (χ0) is 12.5. The van der Waals surface area contributed by atoms with Gasteiger partial charge in [0.05, 0.1) is 6.61 Å². The van der Waals surface area contributed by atoms with Crippen molar-refractivity contribution in [1.29, 1.82) is 0 Å². The van der Waals surface area contributed by atoms with Crippen molar-refractivity contribution < 1.29 is 30.0 Å². The number of carbonyl (C=O) groups excluding carboxylic acids is 1. The number of aliphatic hydroxyl groups is 4. The largest absolute Gasteiger partial charge is 0.394 e. The van der Waals surface area contributed by atoms with Crippen LogP contribution in [0.4, 0.5) is 0 Å². The van der Waals surface area contributed by atoms with Gasteiger partial charge in [0.15, 0.2) is 6.29 Å². The first-order chi connectivity index (χ1) is 7.40. The summed E-state index contributed by atoms with van der Waals surface area (Å²) in [7, 11) is 1.38. The summed E-state index contributed by atoms with van der Waals surface area (Å²) in [5.74, 6) is -0.374. The lowest BCUT2D eigenvalue weighted by molar-refractivity contribution is -0.268. The van der Waals surface area contributed by atoms with Gasteiger partial charge < -0.3 is 30.1 Å². The molecule has 1 rings (SSSR count). The van der Waals surface area contributed by atoms with Gasteiger partial charge in [0.25, 0.3) is 0 Å². The van der Waals surface area contributed by atoms with Gasteiger partial charge in [-0.05, 0) is 0 Å². The minimum Gasteiger partial charge on any atom is -0.394 e. The van der Waals surface area contributed by atoms with Crippen molar-refractivity contribution in [2.75, 3.05) is 13.7 Å². The summed E-state index contributed by atoms with van der Waals surface area (Å²) in [6, 6.07) is -1.05. The third-order valence-corrected chi connectivity index (χ3v) is 2.81. The third-order valence-electron chi connectivity index (χ3n) is 2.81. The van der Waals surface area contributed by atoms with Crippen LogP contribution in [0.3, 0.4) is 0 Å². The van der Waals surface area contributed by atoms with Crippen LogP contribution < -0.4 is 0 Å². The average Bonchev–Trinajstić information content (AvgIpc) is 2.23. The van der Waals surface area contributed by atoms with Gasteiger partial charge in [-0.2, -0.15) is 0 Å². The Bertz CT molecular complexity index is 260. The van der Waals surface area contributed by atoms with Crippen molar-refractivity contribution in [3.8, 4) is 0 Å². The summed E-state index contributed by atoms with van der Waals surface area (Å²) >= 11 is 0. The Hall–Kier alpha value is -0.730. The lowest BCUT2D eigenvalue weighted by atomic mass is 9.96. The van der Waals surface area contributed by atoms with Crippen molar-refractivity contribution in [3.05, 3.63) is 0 Å². The number of hydrogen-bond donors (Lipinski definition) is 4. The van der Waals surface area contributed by atoms with Gasteiger partial charge in [0.1, 0.15) is 24.4 Å². The molecule has 0 unspecified atom stereocenters. The fourth-order valence-electron chi connectivity index (χ4n) is 1.71. The lowest BCUT2D eigenvalue weighted by Gasteiger charge is -2.43. The molecule has 1 amide bonds. The van der Waals surface area contributed by atoms with Gasteiger partial charge in [0.2, 0.25) is 5.91 Å². The molecule has 1 fully saturated rings. The second kappa shape index (κ2) is 5.07. The predicted molar refractivity (Wildman–Crippen MR) is 52.2 cm³/mol. The minimum absolute atomic E-state index is 0.374. The highest BCUT2D eigenvalue weighted by Gasteiger charge is 2.46. The van der Waals surface area contributed by atoms with Gasteiger partial charge in [-0.1, -0.05) is 0 Å². The Morgan fingerprint density at radius 2 is 1.88 bits per heavy atom. The zero-order valence-corrected chi connectivity index (χ0v) is 9.15. The molecule has 7 heteroatoms. The van der Waals surface area contributed by atoms with Crippen LogP contribution >= 0.6 is 0 Å². The number of hydrogen-bond acceptors (Lipinski definition) is 6. The van der Waals surface area contributed by atoms with Crippen LogP contribution in [-0.4, -0.2) is 75.5 Å². The summed E-state index contributed by atoms with van der Waals surface area (Å²) in [5.41, 5.74) is 0. The van der Waals surface area contributed by atoms with E-state index in [4.69, 9.17) is 9.84 Å². The number of likely N-dealkylation sites (N-methyl/N-ethyl adjacent to an activating group) is 1. The molecule has 1 saturated heterocycles. The SMILES string of the molecule is CC(=O)N(C)[C@H]1[C@H](O)[C@@H](O)[C@H](CO)O[C@H]1O. The van der Waals surface area contributed by atoms with Crippen LogP contribution in [0, 0.1) is 0 Å². The van der Waals surface area contributed by atoms with E-state index in [-0.39, 0.29) is 5.91 Å². The standard InChI is InChI=1S/C9H17NO6/c1-4(12)10(2)6-8(14)7(13)5(3-11)16-9(6)15/h5-9,11,13-15H,3H2,1-2H3/t5-,6-,7-,8-,9+/m0/s1. The second-order valence-electron chi connectivity index (χ2n) is 3.85. The van der Waals surface area contributed by atoms with Crippen LogP contribution in [-0.2, 0) is 9.53 Å². The molecule has 0 aromatic carbocycles. The van der Waals surface area contributed by atoms with Gasteiger partial charge in [-0.15, -0.1) is 0 Å². The maximum Gasteiger partial charge on any atom is 0.219 e. The smallest absolute Gasteiger partial charge is 0.219 e. The van der Waals surface area contributed by atoms with Crippen molar-refractivity contribution in [1.82, 2.24) is 4.90 Å². The molecule has 0 spiro atoms. The van der Waals surface area contributed by atoms with E-state index in [0.29, 0.717) is 0 Å². The maximum absolute atomic E-state index is 11.1. The fourth-order valence-corrected chi connectivity index (χ4v) is 1.71. The molecule has 4 N–H and O–H groups in total. The summed E-state index contributed by atoms with van der Waals surface area (Å²) in [5, 5.41) is 37.7. The summed E-state index contributed by atoms with van der Waals surface area (Å²) in [6.45, 7) is 0.746. The number of rotatable bonds is 2. The lowest BCUT2D eigenvalue weighted by Crippen LogP contribution is -2.64. The monoisotopic (exact) mass is 235 g/mol. The second-order valence-corrected chi connectivity index (χ2v) is 3.85. The predicted octanol–water partition coefficient (Wildman–Crippen LogP) is -2.74. The number of carbonyl (C=O) groups is 1. The van der Waals surface area contributed by atoms with Crippen molar-refractivity contribution in [2.24, 2.45) is 0 Å². The first kappa shape index (κ1) is 13.3. The van der Waals surface area contributed by atoms with Crippen molar-refractivity contribution >= 4 is 5.91 Å². The van der Waals surface area contributed by atoms with E-state index in [9.17, 15) is 20.1 Å². The Balaban J connectivity index is 2.83. The van der Waals surface area contributed by atoms with E-state index in [1.807, 2.05) is 0 Å². The molecule has 0 bridgehead atoms. The van der Waals surface area contributed by atoms with E-state index >= 15 is 0 Å². The minimum atomic E-state index is -1.44. The Labute approximate surface area is 92.9 Å². The molecule has 94 valence electrons. The van der Waals surface area contributed by atoms with E-state index < -0.39 is 37.3 Å². The molecule has 0 saturated carbocycles. The van der Waals surface area contributed by atoms with Crippen LogP contribution in [0.25, 0.3) is 0 Å². The molecule has 5 atom stereocenters. The average molecular weight is 235 g/mol. The number of nitrogens with zero attached hydrogens (tertiary/aromatic N) is 1. The van der Waals surface area contributed by atoms with Crippen LogP contribution in [0.5, 0.6) is 0 Å². The van der Waals surface area contributed by atoms with E-state index in [1.165, 1.54) is 14.0 Å². The Kier molecular flexibility index (Phi) is 4.22. The Morgan fingerprint density at radius 3 is 2.31 bits per heavy atom. The molecule has 1 aliphatic rings. The molecule has 7 nitrogen and oxygen atoms in total. The van der Waals surface area contributed by atoms with Gasteiger partial charge in [0, 0.05) is 14.0 Å². The van der Waals surface area contributed by atoms with E-state index in [1.54, 1.807) is 0 Å². The van der Waals surface area contributed by atoms with Gasteiger partial charge in [-0.3, -0.25) is 4.79 Å². The summed E-state index contributed by atoms with van der Waals surface area (Å²) in [6.07, 6.45) is -5.21. The van der Waals surface area contributed by atoms with Crippen molar-refractivity contribution in [2.45, 2.75) is 37.6 Å². The fraction of sp³-hybridized carbons (Fsp3) is 0.889. The van der Waals surface area contributed by atoms with E-state index in [0.717, 1.165) is 4.90 Å². The highest BCUT2D eigenvalue weighted by Crippen LogP contribution is 2.23. The molecular weight excluding hydrogens is 218 g/mol. The molecule has 1 aliphatic heterocycles. The van der Waals surface area contributed by atoms with Crippen LogP contribution in [0.15, 0.2) is 0 Å². The topological polar surface area (TPSA) is 110 Å². The highest BCUT2D eigenvalue weighted by molar-refractivity contribution is 5.73. The van der Waals surface area contributed by atoms with Crippen molar-refractivity contribution in [3.63, 3.8) is 0 Å². The van der Waals surface area contributed by atoms with Gasteiger partial charge >= 0.3 is 0 Å². The molecule has 0 aromatic heterocycles. The van der Waals surface area contributed by atoms with Crippen LogP contribution in [0.1, 0.15) is 6.92 Å². The summed E-state index contributed by atoms with van der Waals surface area (Å²) < 4.78 is 4.90. The third kappa shape index (κ3) is 2.33. The quantitative estimate of drug-likeness (QED) is 0.413. The summed E-state index contributed by atoms with van der Waals surface area (Å²) in [4.78, 5) is 12.2. The first-order valence-corrected chi connectivity index (χ1v) is 4.94. The van der Waals surface area contributed by atoms with Crippen LogP contribution in [0.2, 0.25) is 0 Å². The number of ether oxygens (including phenoxy) is 1. The maximum atomic E-state index is 11.1. The molecule has 1 heterocycles. The normalized spacial score (nSPS) is 39.5. The molecule has 0 aliphatic carbocycles. The number of aliphatic hydroxyl groups excluding tert-OH is 4. The molecule has 0 aromatic rings. The van der Waals surface area contributed by atoms with E-state index in [2.05, 4.69) is 0 Å². The Morgan fingerprint density at radius 1 is 1.31 bits per heavy atom. The zero-order valence-electron chi connectivity index (χ0n) is 9.15. The molecular formula is C9H17NO6. The number of amides is 1. The molecule has 0 radical (unpaired) electrons. The first-order valence-electron chi connectivity index (χ1n) is 4.94. The van der Waals surface area contributed by atoms with Gasteiger partial charge in [-0.25, -0.2) is 0 Å². The highest BCUT2D eigenvalue weighted by atomic mass is 16.6. The molecule has 16 heavy (non-hydrogen) atoms.